The van der Waals surface area contributed by atoms with Gasteiger partial charge in [0.25, 0.3) is 0 Å². The molecule has 14 heavy (non-hydrogen) atoms. The Balaban J connectivity index is 2.18. The molecule has 0 fully saturated rings. The van der Waals surface area contributed by atoms with Crippen LogP contribution in [0.25, 0.3) is 0 Å². The molecule has 0 saturated heterocycles. The average molecular weight is 273 g/mol. The molecule has 2 rings (SSSR count). The van der Waals surface area contributed by atoms with Crippen LogP contribution in [0.5, 0.6) is 0 Å². The molecule has 0 saturated carbocycles. The minimum atomic E-state index is -0.217. The van der Waals surface area contributed by atoms with Gasteiger partial charge in [0.15, 0.2) is 0 Å². The monoisotopic (exact) mass is 272 g/mol. The molecule has 0 radical (unpaired) electrons. The van der Waals surface area contributed by atoms with Crippen LogP contribution in [-0.4, -0.2) is 9.36 Å². The zero-order valence-corrected chi connectivity index (χ0v) is 9.48. The van der Waals surface area contributed by atoms with Gasteiger partial charge in [-0.1, -0.05) is 12.1 Å². The Kier molecular flexibility index (Phi) is 2.88. The first-order valence-electron chi connectivity index (χ1n) is 3.96. The second-order valence-electron chi connectivity index (χ2n) is 2.76. The quantitative estimate of drug-likeness (QED) is 0.840. The highest BCUT2D eigenvalue weighted by atomic mass is 79.9. The maximum atomic E-state index is 12.8. The minimum absolute atomic E-state index is 0.217. The summed E-state index contributed by atoms with van der Waals surface area (Å²) in [6, 6.07) is 6.51. The summed E-state index contributed by atoms with van der Waals surface area (Å²) in [6.07, 6.45) is 0.626. The molecule has 0 N–H and O–H groups in total. The maximum Gasteiger partial charge on any atom is 0.209 e. The van der Waals surface area contributed by atoms with E-state index in [9.17, 15) is 4.39 Å². The minimum Gasteiger partial charge on any atom is -0.214 e. The highest BCUT2D eigenvalue weighted by Gasteiger charge is 2.03. The fourth-order valence-electron chi connectivity index (χ4n) is 1.13. The second-order valence-corrected chi connectivity index (χ2v) is 4.31. The zero-order chi connectivity index (χ0) is 9.97. The lowest BCUT2D eigenvalue weighted by Crippen LogP contribution is -1.87. The molecular formula is C9H6BrFN2S. The lowest BCUT2D eigenvalue weighted by Gasteiger charge is -1.96. The first-order chi connectivity index (χ1) is 6.74. The molecule has 0 spiro atoms. The molecule has 0 unspecified atom stereocenters. The Morgan fingerprint density at radius 1 is 1.43 bits per heavy atom. The van der Waals surface area contributed by atoms with E-state index in [-0.39, 0.29) is 5.82 Å². The van der Waals surface area contributed by atoms with Gasteiger partial charge < -0.3 is 0 Å². The van der Waals surface area contributed by atoms with Gasteiger partial charge in [-0.2, -0.15) is 4.37 Å². The topological polar surface area (TPSA) is 25.8 Å². The van der Waals surface area contributed by atoms with Crippen LogP contribution in [0.15, 0.2) is 29.0 Å². The normalized spacial score (nSPS) is 10.4. The van der Waals surface area contributed by atoms with E-state index < -0.39 is 0 Å². The van der Waals surface area contributed by atoms with Gasteiger partial charge in [0.2, 0.25) is 4.73 Å². The molecule has 2 aromatic rings. The SMILES string of the molecule is Fc1cccc(Cc2nc(Br)ns2)c1. The summed E-state index contributed by atoms with van der Waals surface area (Å²) in [5, 5.41) is 0.877. The Bertz CT molecular complexity index is 444. The van der Waals surface area contributed by atoms with Crippen LogP contribution >= 0.6 is 27.5 Å². The van der Waals surface area contributed by atoms with E-state index in [0.717, 1.165) is 10.6 Å². The maximum absolute atomic E-state index is 12.8. The standard InChI is InChI=1S/C9H6BrFN2S/c10-9-12-8(14-13-9)5-6-2-1-3-7(11)4-6/h1-4H,5H2. The first-order valence-corrected chi connectivity index (χ1v) is 5.53. The van der Waals surface area contributed by atoms with Gasteiger partial charge in [0, 0.05) is 6.42 Å². The zero-order valence-electron chi connectivity index (χ0n) is 7.08. The second kappa shape index (κ2) is 4.14. The molecule has 0 aliphatic rings. The van der Waals surface area contributed by atoms with Crippen LogP contribution in [0.2, 0.25) is 0 Å². The summed E-state index contributed by atoms with van der Waals surface area (Å²) in [5.41, 5.74) is 0.911. The molecule has 1 heterocycles. The molecule has 2 nitrogen and oxygen atoms in total. The Hall–Kier alpha value is -0.810. The van der Waals surface area contributed by atoms with Gasteiger partial charge in [0.05, 0.1) is 0 Å². The number of rotatable bonds is 2. The number of aromatic nitrogens is 2. The lowest BCUT2D eigenvalue weighted by atomic mass is 10.1. The summed E-state index contributed by atoms with van der Waals surface area (Å²) in [4.78, 5) is 4.14. The molecule has 0 aliphatic heterocycles. The molecule has 5 heteroatoms. The smallest absolute Gasteiger partial charge is 0.209 e. The fourth-order valence-corrected chi connectivity index (χ4v) is 2.26. The third-order valence-electron chi connectivity index (χ3n) is 1.69. The van der Waals surface area contributed by atoms with Crippen molar-refractivity contribution in [2.45, 2.75) is 6.42 Å². The van der Waals surface area contributed by atoms with E-state index in [1.165, 1.54) is 23.7 Å². The van der Waals surface area contributed by atoms with Gasteiger partial charge in [0.1, 0.15) is 10.8 Å². The summed E-state index contributed by atoms with van der Waals surface area (Å²) in [6.45, 7) is 0. The Morgan fingerprint density at radius 2 is 2.29 bits per heavy atom. The van der Waals surface area contributed by atoms with E-state index >= 15 is 0 Å². The summed E-state index contributed by atoms with van der Waals surface area (Å²) >= 11 is 4.49. The van der Waals surface area contributed by atoms with Gasteiger partial charge in [-0.15, -0.1) is 0 Å². The van der Waals surface area contributed by atoms with Crippen LogP contribution in [-0.2, 0) is 6.42 Å². The van der Waals surface area contributed by atoms with Crippen LogP contribution in [0.1, 0.15) is 10.6 Å². The number of hydrogen-bond acceptors (Lipinski definition) is 3. The Morgan fingerprint density at radius 3 is 2.93 bits per heavy atom. The van der Waals surface area contributed by atoms with Crippen molar-refractivity contribution in [2.75, 3.05) is 0 Å². The summed E-state index contributed by atoms with van der Waals surface area (Å²) in [7, 11) is 0. The number of benzene rings is 1. The van der Waals surface area contributed by atoms with Crippen molar-refractivity contribution < 1.29 is 4.39 Å². The van der Waals surface area contributed by atoms with Crippen LogP contribution in [0.3, 0.4) is 0 Å². The van der Waals surface area contributed by atoms with Gasteiger partial charge in [-0.05, 0) is 45.2 Å². The Labute approximate surface area is 93.1 Å². The molecule has 0 aliphatic carbocycles. The van der Waals surface area contributed by atoms with Crippen LogP contribution < -0.4 is 0 Å². The highest BCUT2D eigenvalue weighted by Crippen LogP contribution is 2.15. The van der Waals surface area contributed by atoms with Crippen molar-refractivity contribution in [3.8, 4) is 0 Å². The van der Waals surface area contributed by atoms with Gasteiger partial charge >= 0.3 is 0 Å². The predicted octanol–water partition coefficient (Wildman–Crippen LogP) is 3.03. The van der Waals surface area contributed by atoms with Crippen molar-refractivity contribution in [1.29, 1.82) is 0 Å². The number of hydrogen-bond donors (Lipinski definition) is 0. The van der Waals surface area contributed by atoms with Crippen LogP contribution in [0.4, 0.5) is 4.39 Å². The molecule has 72 valence electrons. The number of nitrogens with zero attached hydrogens (tertiary/aromatic N) is 2. The van der Waals surface area contributed by atoms with Gasteiger partial charge in [-0.25, -0.2) is 9.37 Å². The van der Waals surface area contributed by atoms with E-state index in [1.807, 2.05) is 6.07 Å². The molecule has 1 aromatic carbocycles. The van der Waals surface area contributed by atoms with Crippen molar-refractivity contribution >= 4 is 27.5 Å². The molecular weight excluding hydrogens is 267 g/mol. The largest absolute Gasteiger partial charge is 0.214 e. The summed E-state index contributed by atoms with van der Waals surface area (Å²) < 4.78 is 17.4. The molecule has 1 aromatic heterocycles. The lowest BCUT2D eigenvalue weighted by molar-refractivity contribution is 0.626. The first kappa shape index (κ1) is 9.73. The average Bonchev–Trinajstić information content (AvgIpc) is 2.51. The number of halogens is 2. The van der Waals surface area contributed by atoms with Crippen molar-refractivity contribution in [1.82, 2.24) is 9.36 Å². The fraction of sp³-hybridized carbons (Fsp3) is 0.111. The van der Waals surface area contributed by atoms with Crippen molar-refractivity contribution in [2.24, 2.45) is 0 Å². The third-order valence-corrected chi connectivity index (χ3v) is 2.99. The van der Waals surface area contributed by atoms with Gasteiger partial charge in [-0.3, -0.25) is 0 Å². The van der Waals surface area contributed by atoms with E-state index in [0.29, 0.717) is 11.2 Å². The third kappa shape index (κ3) is 2.36. The molecule has 0 atom stereocenters. The van der Waals surface area contributed by atoms with E-state index in [2.05, 4.69) is 25.3 Å². The van der Waals surface area contributed by atoms with Crippen molar-refractivity contribution in [3.63, 3.8) is 0 Å². The van der Waals surface area contributed by atoms with Crippen molar-refractivity contribution in [3.05, 3.63) is 45.4 Å². The van der Waals surface area contributed by atoms with E-state index in [1.54, 1.807) is 6.07 Å². The predicted molar refractivity (Wildman–Crippen MR) is 56.8 cm³/mol. The molecule has 0 bridgehead atoms. The van der Waals surface area contributed by atoms with Crippen LogP contribution in [0, 0.1) is 5.82 Å². The summed E-state index contributed by atoms with van der Waals surface area (Å²) in [5.74, 6) is -0.217. The van der Waals surface area contributed by atoms with E-state index in [4.69, 9.17) is 0 Å². The highest BCUT2D eigenvalue weighted by molar-refractivity contribution is 9.10. The molecule has 0 amide bonds.